The van der Waals surface area contributed by atoms with Crippen molar-refractivity contribution in [3.05, 3.63) is 48.2 Å². The highest BCUT2D eigenvalue weighted by atomic mass is 16.5. The number of pyridine rings is 1. The maximum atomic E-state index is 12.1. The third-order valence-electron chi connectivity index (χ3n) is 2.58. The molecular weight excluding hydrogens is 256 g/mol. The van der Waals surface area contributed by atoms with E-state index in [1.165, 1.54) is 0 Å². The molecular formula is C14H16N4O2. The van der Waals surface area contributed by atoms with Gasteiger partial charge in [0.1, 0.15) is 5.56 Å². The third-order valence-corrected chi connectivity index (χ3v) is 2.58. The van der Waals surface area contributed by atoms with E-state index < -0.39 is 0 Å². The summed E-state index contributed by atoms with van der Waals surface area (Å²) in [5.41, 5.74) is 1.28. The van der Waals surface area contributed by atoms with E-state index in [9.17, 15) is 4.79 Å². The number of aromatic nitrogens is 3. The van der Waals surface area contributed by atoms with Gasteiger partial charge in [0.15, 0.2) is 0 Å². The van der Waals surface area contributed by atoms with Crippen molar-refractivity contribution in [2.45, 2.75) is 13.3 Å². The molecule has 2 aromatic heterocycles. The lowest BCUT2D eigenvalue weighted by Gasteiger charge is -2.09. The lowest BCUT2D eigenvalue weighted by atomic mass is 10.2. The van der Waals surface area contributed by atoms with E-state index in [1.807, 2.05) is 6.92 Å². The molecule has 0 unspecified atom stereocenters. The Morgan fingerprint density at radius 1 is 1.30 bits per heavy atom. The molecule has 0 saturated heterocycles. The number of ether oxygens (including phenoxy) is 1. The van der Waals surface area contributed by atoms with Crippen LogP contribution in [-0.2, 0) is 6.42 Å². The number of rotatable bonds is 6. The van der Waals surface area contributed by atoms with Crippen LogP contribution in [0.25, 0.3) is 0 Å². The minimum absolute atomic E-state index is 0.203. The summed E-state index contributed by atoms with van der Waals surface area (Å²) in [5, 5.41) is 2.82. The van der Waals surface area contributed by atoms with Gasteiger partial charge >= 0.3 is 0 Å². The fourth-order valence-electron chi connectivity index (χ4n) is 1.67. The van der Waals surface area contributed by atoms with E-state index in [2.05, 4.69) is 20.3 Å². The van der Waals surface area contributed by atoms with Crippen LogP contribution in [0.1, 0.15) is 23.0 Å². The van der Waals surface area contributed by atoms with Crippen molar-refractivity contribution in [3.63, 3.8) is 0 Å². The van der Waals surface area contributed by atoms with Crippen molar-refractivity contribution in [2.24, 2.45) is 0 Å². The minimum Gasteiger partial charge on any atom is -0.477 e. The standard InChI is InChI=1S/C14H16N4O2/c1-2-20-14-12(4-3-6-18-14)13(19)17-7-5-11-10-15-8-9-16-11/h3-4,6,8-10H,2,5,7H2,1H3,(H,17,19). The summed E-state index contributed by atoms with van der Waals surface area (Å²) in [6, 6.07) is 3.40. The molecule has 0 bridgehead atoms. The average molecular weight is 272 g/mol. The molecule has 0 atom stereocenters. The minimum atomic E-state index is -0.203. The van der Waals surface area contributed by atoms with Gasteiger partial charge < -0.3 is 10.1 Å². The van der Waals surface area contributed by atoms with Crippen LogP contribution in [0.2, 0.25) is 0 Å². The molecule has 0 radical (unpaired) electrons. The molecule has 20 heavy (non-hydrogen) atoms. The maximum absolute atomic E-state index is 12.1. The average Bonchev–Trinajstić information content (AvgIpc) is 2.49. The lowest BCUT2D eigenvalue weighted by Crippen LogP contribution is -2.26. The highest BCUT2D eigenvalue weighted by molar-refractivity contribution is 5.96. The van der Waals surface area contributed by atoms with Gasteiger partial charge in [-0.25, -0.2) is 4.98 Å². The summed E-state index contributed by atoms with van der Waals surface area (Å²) in [6.07, 6.45) is 7.16. The van der Waals surface area contributed by atoms with Gasteiger partial charge in [0, 0.05) is 37.8 Å². The zero-order chi connectivity index (χ0) is 14.2. The first kappa shape index (κ1) is 13.9. The Morgan fingerprint density at radius 2 is 2.20 bits per heavy atom. The monoisotopic (exact) mass is 272 g/mol. The van der Waals surface area contributed by atoms with E-state index >= 15 is 0 Å². The first-order valence-electron chi connectivity index (χ1n) is 6.42. The van der Waals surface area contributed by atoms with E-state index in [0.717, 1.165) is 5.69 Å². The first-order valence-corrected chi connectivity index (χ1v) is 6.42. The molecule has 2 rings (SSSR count). The number of carbonyl (C=O) groups excluding carboxylic acids is 1. The zero-order valence-corrected chi connectivity index (χ0v) is 11.2. The summed E-state index contributed by atoms with van der Waals surface area (Å²) in [4.78, 5) is 24.2. The molecule has 104 valence electrons. The number of hydrogen-bond donors (Lipinski definition) is 1. The lowest BCUT2D eigenvalue weighted by molar-refractivity contribution is 0.0949. The molecule has 0 spiro atoms. The molecule has 0 aliphatic carbocycles. The Balaban J connectivity index is 1.92. The van der Waals surface area contributed by atoms with E-state index in [1.54, 1.807) is 36.9 Å². The molecule has 0 aliphatic rings. The van der Waals surface area contributed by atoms with Crippen LogP contribution in [0.15, 0.2) is 36.9 Å². The second kappa shape index (κ2) is 7.18. The Labute approximate surface area is 117 Å². The van der Waals surface area contributed by atoms with Crippen molar-refractivity contribution >= 4 is 5.91 Å². The molecule has 2 heterocycles. The predicted octanol–water partition coefficient (Wildman–Crippen LogP) is 1.24. The van der Waals surface area contributed by atoms with Gasteiger partial charge in [0.25, 0.3) is 5.91 Å². The van der Waals surface area contributed by atoms with E-state index in [-0.39, 0.29) is 5.91 Å². The van der Waals surface area contributed by atoms with Gasteiger partial charge in [0.05, 0.1) is 12.3 Å². The summed E-state index contributed by atoms with van der Waals surface area (Å²) >= 11 is 0. The second-order valence-electron chi connectivity index (χ2n) is 3.99. The Kier molecular flexibility index (Phi) is 5.00. The first-order chi connectivity index (χ1) is 9.81. The number of hydrogen-bond acceptors (Lipinski definition) is 5. The van der Waals surface area contributed by atoms with Crippen molar-refractivity contribution in [1.82, 2.24) is 20.3 Å². The normalized spacial score (nSPS) is 10.1. The fraction of sp³-hybridized carbons (Fsp3) is 0.286. The molecule has 2 aromatic rings. The van der Waals surface area contributed by atoms with Gasteiger partial charge in [-0.05, 0) is 19.1 Å². The molecule has 1 amide bonds. The quantitative estimate of drug-likeness (QED) is 0.856. The molecule has 0 saturated carbocycles. The van der Waals surface area contributed by atoms with Crippen LogP contribution in [0.3, 0.4) is 0 Å². The van der Waals surface area contributed by atoms with E-state index in [0.29, 0.717) is 31.0 Å². The maximum Gasteiger partial charge on any atom is 0.256 e. The topological polar surface area (TPSA) is 77.0 Å². The Hall–Kier alpha value is -2.50. The van der Waals surface area contributed by atoms with Crippen LogP contribution < -0.4 is 10.1 Å². The van der Waals surface area contributed by atoms with Gasteiger partial charge in [-0.3, -0.25) is 14.8 Å². The Morgan fingerprint density at radius 3 is 2.95 bits per heavy atom. The van der Waals surface area contributed by atoms with Crippen molar-refractivity contribution in [1.29, 1.82) is 0 Å². The summed E-state index contributed by atoms with van der Waals surface area (Å²) in [6.45, 7) is 2.80. The van der Waals surface area contributed by atoms with Gasteiger partial charge in [-0.2, -0.15) is 0 Å². The highest BCUT2D eigenvalue weighted by Crippen LogP contribution is 2.13. The molecule has 0 aliphatic heterocycles. The van der Waals surface area contributed by atoms with Crippen molar-refractivity contribution < 1.29 is 9.53 Å². The van der Waals surface area contributed by atoms with Crippen LogP contribution >= 0.6 is 0 Å². The van der Waals surface area contributed by atoms with Crippen LogP contribution in [0.4, 0.5) is 0 Å². The number of carbonyl (C=O) groups is 1. The smallest absolute Gasteiger partial charge is 0.256 e. The van der Waals surface area contributed by atoms with Gasteiger partial charge in [0.2, 0.25) is 5.88 Å². The highest BCUT2D eigenvalue weighted by Gasteiger charge is 2.12. The number of nitrogens with zero attached hydrogens (tertiary/aromatic N) is 3. The molecule has 0 aromatic carbocycles. The third kappa shape index (κ3) is 3.74. The van der Waals surface area contributed by atoms with Crippen LogP contribution in [-0.4, -0.2) is 34.0 Å². The molecule has 6 nitrogen and oxygen atoms in total. The van der Waals surface area contributed by atoms with Gasteiger partial charge in [-0.1, -0.05) is 0 Å². The Bertz CT molecular complexity index is 560. The van der Waals surface area contributed by atoms with Crippen molar-refractivity contribution in [2.75, 3.05) is 13.2 Å². The van der Waals surface area contributed by atoms with Crippen LogP contribution in [0.5, 0.6) is 5.88 Å². The van der Waals surface area contributed by atoms with E-state index in [4.69, 9.17) is 4.74 Å². The molecule has 0 fully saturated rings. The second-order valence-corrected chi connectivity index (χ2v) is 3.99. The zero-order valence-electron chi connectivity index (χ0n) is 11.2. The van der Waals surface area contributed by atoms with Crippen LogP contribution in [0, 0.1) is 0 Å². The predicted molar refractivity (Wildman–Crippen MR) is 73.5 cm³/mol. The largest absolute Gasteiger partial charge is 0.477 e. The van der Waals surface area contributed by atoms with Gasteiger partial charge in [-0.15, -0.1) is 0 Å². The molecule has 6 heteroatoms. The summed E-state index contributed by atoms with van der Waals surface area (Å²) in [5.74, 6) is 0.150. The SMILES string of the molecule is CCOc1ncccc1C(=O)NCCc1cnccn1. The van der Waals surface area contributed by atoms with Crippen molar-refractivity contribution in [3.8, 4) is 5.88 Å². The summed E-state index contributed by atoms with van der Waals surface area (Å²) < 4.78 is 5.33. The molecule has 1 N–H and O–H groups in total. The fourth-order valence-corrected chi connectivity index (χ4v) is 1.67. The number of amides is 1. The number of nitrogens with one attached hydrogen (secondary N) is 1. The summed E-state index contributed by atoms with van der Waals surface area (Å²) in [7, 11) is 0.